The average Bonchev–Trinajstić information content (AvgIpc) is 2.40. The maximum atomic E-state index is 12.5. The van der Waals surface area contributed by atoms with Crippen LogP contribution in [0.2, 0.25) is 0 Å². The van der Waals surface area contributed by atoms with Gasteiger partial charge in [0.15, 0.2) is 0 Å². The molecule has 0 aromatic heterocycles. The first kappa shape index (κ1) is 16.1. The second kappa shape index (κ2) is 6.65. The summed E-state index contributed by atoms with van der Waals surface area (Å²) in [5, 5.41) is 3.67. The van der Waals surface area contributed by atoms with Crippen molar-refractivity contribution in [2.75, 3.05) is 19.6 Å². The van der Waals surface area contributed by atoms with Crippen molar-refractivity contribution in [3.8, 4) is 0 Å². The lowest BCUT2D eigenvalue weighted by Crippen LogP contribution is -2.65. The molecule has 5 heteroatoms. The summed E-state index contributed by atoms with van der Waals surface area (Å²) in [6.45, 7) is 3.92. The van der Waals surface area contributed by atoms with E-state index in [1.165, 1.54) is 19.3 Å². The largest absolute Gasteiger partial charge is 0.390 e. The molecule has 1 spiro atoms. The normalized spacial score (nSPS) is 27.9. The van der Waals surface area contributed by atoms with Crippen LogP contribution < -0.4 is 5.32 Å². The van der Waals surface area contributed by atoms with E-state index in [2.05, 4.69) is 17.1 Å². The van der Waals surface area contributed by atoms with Gasteiger partial charge >= 0.3 is 6.18 Å². The molecule has 1 saturated carbocycles. The van der Waals surface area contributed by atoms with Crippen LogP contribution in [0.3, 0.4) is 0 Å². The molecule has 1 unspecified atom stereocenters. The number of rotatable bonds is 4. The van der Waals surface area contributed by atoms with E-state index >= 15 is 0 Å². The highest BCUT2D eigenvalue weighted by atomic mass is 19.4. The quantitative estimate of drug-likeness (QED) is 0.849. The van der Waals surface area contributed by atoms with Gasteiger partial charge in [-0.3, -0.25) is 4.90 Å². The molecule has 1 saturated heterocycles. The molecule has 1 atom stereocenters. The Labute approximate surface area is 120 Å². The second-order valence-electron chi connectivity index (χ2n) is 6.50. The fourth-order valence-electron chi connectivity index (χ4n) is 3.75. The summed E-state index contributed by atoms with van der Waals surface area (Å²) in [7, 11) is 0. The predicted octanol–water partition coefficient (Wildman–Crippen LogP) is 3.72. The molecule has 118 valence electrons. The summed E-state index contributed by atoms with van der Waals surface area (Å²) >= 11 is 0. The highest BCUT2D eigenvalue weighted by Crippen LogP contribution is 2.33. The van der Waals surface area contributed by atoms with Gasteiger partial charge in [0.25, 0.3) is 0 Å². The van der Waals surface area contributed by atoms with Gasteiger partial charge in [0, 0.05) is 31.2 Å². The molecule has 1 N–H and O–H groups in total. The molecule has 2 aliphatic rings. The van der Waals surface area contributed by atoms with Crippen molar-refractivity contribution in [1.82, 2.24) is 10.2 Å². The van der Waals surface area contributed by atoms with Crippen LogP contribution in [0.1, 0.15) is 58.3 Å². The molecule has 0 radical (unpaired) electrons. The molecule has 0 aromatic rings. The molecule has 2 fully saturated rings. The van der Waals surface area contributed by atoms with Crippen molar-refractivity contribution < 1.29 is 13.2 Å². The topological polar surface area (TPSA) is 15.3 Å². The molecule has 2 nitrogen and oxygen atoms in total. The number of hydrogen-bond acceptors (Lipinski definition) is 2. The van der Waals surface area contributed by atoms with Crippen molar-refractivity contribution in [2.45, 2.75) is 76.0 Å². The molecule has 2 rings (SSSR count). The fraction of sp³-hybridized carbons (Fsp3) is 1.00. The van der Waals surface area contributed by atoms with Gasteiger partial charge < -0.3 is 5.32 Å². The first-order valence-corrected chi connectivity index (χ1v) is 8.00. The Bertz CT molecular complexity index is 298. The van der Waals surface area contributed by atoms with E-state index in [0.717, 1.165) is 38.8 Å². The Morgan fingerprint density at radius 1 is 1.20 bits per heavy atom. The average molecular weight is 292 g/mol. The van der Waals surface area contributed by atoms with Crippen molar-refractivity contribution in [3.05, 3.63) is 0 Å². The number of nitrogens with zero attached hydrogens (tertiary/aromatic N) is 1. The van der Waals surface area contributed by atoms with Crippen molar-refractivity contribution in [3.63, 3.8) is 0 Å². The van der Waals surface area contributed by atoms with E-state index in [4.69, 9.17) is 0 Å². The summed E-state index contributed by atoms with van der Waals surface area (Å²) in [6, 6.07) is 0.273. The van der Waals surface area contributed by atoms with E-state index in [1.54, 1.807) is 0 Å². The Kier molecular flexibility index (Phi) is 5.35. The summed E-state index contributed by atoms with van der Waals surface area (Å²) in [5.41, 5.74) is 0.0914. The zero-order valence-electron chi connectivity index (χ0n) is 12.4. The van der Waals surface area contributed by atoms with E-state index in [1.807, 2.05) is 0 Å². The lowest BCUT2D eigenvalue weighted by Gasteiger charge is -2.50. The summed E-state index contributed by atoms with van der Waals surface area (Å²) in [5.74, 6) is 0. The minimum atomic E-state index is -4.04. The minimum absolute atomic E-state index is 0.0914. The van der Waals surface area contributed by atoms with Gasteiger partial charge in [0.1, 0.15) is 0 Å². The molecule has 20 heavy (non-hydrogen) atoms. The Morgan fingerprint density at radius 3 is 2.50 bits per heavy atom. The second-order valence-corrected chi connectivity index (χ2v) is 6.50. The maximum absolute atomic E-state index is 12.5. The van der Waals surface area contributed by atoms with Gasteiger partial charge in [-0.05, 0) is 19.3 Å². The first-order valence-electron chi connectivity index (χ1n) is 8.00. The molecular formula is C15H27F3N2. The highest BCUT2D eigenvalue weighted by molar-refractivity contribution is 4.99. The first-order chi connectivity index (χ1) is 9.44. The Hall–Kier alpha value is -0.290. The number of hydrogen-bond donors (Lipinski definition) is 1. The van der Waals surface area contributed by atoms with Crippen LogP contribution in [-0.2, 0) is 0 Å². The number of piperazine rings is 1. The molecular weight excluding hydrogens is 265 g/mol. The van der Waals surface area contributed by atoms with Crippen LogP contribution in [0, 0.1) is 0 Å². The number of halogens is 3. The summed E-state index contributed by atoms with van der Waals surface area (Å²) in [6.07, 6.45) is 3.22. The molecule has 1 heterocycles. The highest BCUT2D eigenvalue weighted by Gasteiger charge is 2.40. The molecule has 0 aromatic carbocycles. The molecule has 0 amide bonds. The zero-order valence-corrected chi connectivity index (χ0v) is 12.4. The molecule has 0 bridgehead atoms. The Balaban J connectivity index is 1.97. The van der Waals surface area contributed by atoms with Gasteiger partial charge in [-0.2, -0.15) is 13.2 Å². The lowest BCUT2D eigenvalue weighted by molar-refractivity contribution is -0.141. The SMILES string of the molecule is CCCC1CNC2(CCCCC2)CN1CCC(F)(F)F. The Morgan fingerprint density at radius 2 is 1.90 bits per heavy atom. The van der Waals surface area contributed by atoms with Gasteiger partial charge in [-0.1, -0.05) is 32.6 Å². The smallest absolute Gasteiger partial charge is 0.308 e. The zero-order chi connectivity index (χ0) is 14.6. The minimum Gasteiger partial charge on any atom is -0.308 e. The lowest BCUT2D eigenvalue weighted by atomic mass is 9.79. The van der Waals surface area contributed by atoms with Crippen molar-refractivity contribution in [2.24, 2.45) is 0 Å². The van der Waals surface area contributed by atoms with Crippen LogP contribution in [0.5, 0.6) is 0 Å². The summed E-state index contributed by atoms with van der Waals surface area (Å²) < 4.78 is 37.5. The summed E-state index contributed by atoms with van der Waals surface area (Å²) in [4.78, 5) is 2.11. The monoisotopic (exact) mass is 292 g/mol. The van der Waals surface area contributed by atoms with Gasteiger partial charge in [0.05, 0.1) is 6.42 Å². The van der Waals surface area contributed by atoms with Crippen LogP contribution in [0.25, 0.3) is 0 Å². The standard InChI is InChI=1S/C15H27F3N2/c1-2-6-13-11-19-14(7-4-3-5-8-14)12-20(13)10-9-15(16,17)18/h13,19H,2-12H2,1H3. The third-order valence-electron chi connectivity index (χ3n) is 4.85. The maximum Gasteiger partial charge on any atom is 0.390 e. The van der Waals surface area contributed by atoms with Crippen LogP contribution in [0.4, 0.5) is 13.2 Å². The van der Waals surface area contributed by atoms with Gasteiger partial charge in [-0.25, -0.2) is 0 Å². The van der Waals surface area contributed by atoms with Gasteiger partial charge in [-0.15, -0.1) is 0 Å². The van der Waals surface area contributed by atoms with E-state index in [9.17, 15) is 13.2 Å². The third-order valence-corrected chi connectivity index (χ3v) is 4.85. The van der Waals surface area contributed by atoms with E-state index in [0.29, 0.717) is 0 Å². The van der Waals surface area contributed by atoms with Gasteiger partial charge in [0.2, 0.25) is 0 Å². The van der Waals surface area contributed by atoms with Crippen LogP contribution in [-0.4, -0.2) is 42.3 Å². The molecule has 1 aliphatic carbocycles. The van der Waals surface area contributed by atoms with Crippen LogP contribution in [0.15, 0.2) is 0 Å². The number of alkyl halides is 3. The predicted molar refractivity (Wildman–Crippen MR) is 74.8 cm³/mol. The van der Waals surface area contributed by atoms with Crippen molar-refractivity contribution >= 4 is 0 Å². The van der Waals surface area contributed by atoms with Crippen molar-refractivity contribution in [1.29, 1.82) is 0 Å². The molecule has 1 aliphatic heterocycles. The fourth-order valence-corrected chi connectivity index (χ4v) is 3.75. The van der Waals surface area contributed by atoms with E-state index in [-0.39, 0.29) is 18.1 Å². The third kappa shape index (κ3) is 4.35. The van der Waals surface area contributed by atoms with Crippen LogP contribution >= 0.6 is 0 Å². The van der Waals surface area contributed by atoms with E-state index < -0.39 is 12.6 Å². The number of nitrogens with one attached hydrogen (secondary N) is 1.